The molecule has 6 nitrogen and oxygen atoms in total. The molecule has 0 spiro atoms. The van der Waals surface area contributed by atoms with Crippen LogP contribution in [0, 0.1) is 13.8 Å². The first-order valence-electron chi connectivity index (χ1n) is 9.35. The summed E-state index contributed by atoms with van der Waals surface area (Å²) in [5, 5.41) is 2.82. The number of urea groups is 1. The number of barbiturate groups is 1. The number of nitrogens with zero attached hydrogens (tertiary/aromatic N) is 1. The topological polar surface area (TPSA) is 79.6 Å². The van der Waals surface area contributed by atoms with E-state index >= 15 is 0 Å². The molecule has 0 atom stereocenters. The number of anilines is 1. The van der Waals surface area contributed by atoms with Gasteiger partial charge in [-0.1, -0.05) is 42.1 Å². The predicted molar refractivity (Wildman–Crippen MR) is 122 cm³/mol. The number of imide groups is 2. The van der Waals surface area contributed by atoms with Crippen molar-refractivity contribution in [3.05, 3.63) is 81.5 Å². The second-order valence-electron chi connectivity index (χ2n) is 6.88. The first-order valence-corrected chi connectivity index (χ1v) is 11.0. The van der Waals surface area contributed by atoms with Gasteiger partial charge in [0.05, 0.1) is 10.2 Å². The summed E-state index contributed by atoms with van der Waals surface area (Å²) in [6, 6.07) is 15.9. The van der Waals surface area contributed by atoms with E-state index in [0.29, 0.717) is 21.0 Å². The van der Waals surface area contributed by atoms with Crippen molar-refractivity contribution in [2.75, 3.05) is 4.90 Å². The van der Waals surface area contributed by atoms with Gasteiger partial charge < -0.3 is 4.42 Å². The van der Waals surface area contributed by atoms with Gasteiger partial charge in [0.2, 0.25) is 0 Å². The zero-order chi connectivity index (χ0) is 22.1. The van der Waals surface area contributed by atoms with Crippen LogP contribution in [-0.4, -0.2) is 17.8 Å². The van der Waals surface area contributed by atoms with Gasteiger partial charge >= 0.3 is 6.03 Å². The third-order valence-corrected chi connectivity index (χ3v) is 6.68. The highest BCUT2D eigenvalue weighted by Crippen LogP contribution is 2.36. The third-order valence-electron chi connectivity index (χ3n) is 4.83. The van der Waals surface area contributed by atoms with Crippen molar-refractivity contribution < 1.29 is 18.8 Å². The van der Waals surface area contributed by atoms with E-state index in [1.807, 2.05) is 50.2 Å². The molecule has 0 radical (unpaired) electrons. The highest BCUT2D eigenvalue weighted by Gasteiger charge is 2.37. The zero-order valence-corrected chi connectivity index (χ0v) is 19.0. The van der Waals surface area contributed by atoms with E-state index in [-0.39, 0.29) is 5.57 Å². The lowest BCUT2D eigenvalue weighted by molar-refractivity contribution is -0.122. The van der Waals surface area contributed by atoms with Gasteiger partial charge in [-0.2, -0.15) is 0 Å². The minimum Gasteiger partial charge on any atom is -0.449 e. The number of aryl methyl sites for hydroxylation is 1. The van der Waals surface area contributed by atoms with Crippen LogP contribution in [0.1, 0.15) is 16.9 Å². The molecular weight excluding hydrogens is 480 g/mol. The number of rotatable bonds is 4. The SMILES string of the molecule is Cc1cccc(N2C(=O)NC(=O)/C(=C\c3cc(Br)c(Sc4ccccc4)o3)C2=O)c1C. The fraction of sp³-hybridized carbons (Fsp3) is 0.0870. The highest BCUT2D eigenvalue weighted by atomic mass is 79.9. The van der Waals surface area contributed by atoms with Crippen LogP contribution in [0.2, 0.25) is 0 Å². The van der Waals surface area contributed by atoms with E-state index in [1.165, 1.54) is 17.8 Å². The number of carbonyl (C=O) groups is 3. The van der Waals surface area contributed by atoms with E-state index < -0.39 is 17.8 Å². The molecule has 0 aliphatic carbocycles. The number of nitrogens with one attached hydrogen (secondary N) is 1. The largest absolute Gasteiger partial charge is 0.449 e. The molecule has 1 N–H and O–H groups in total. The van der Waals surface area contributed by atoms with Gasteiger partial charge in [0, 0.05) is 4.90 Å². The summed E-state index contributed by atoms with van der Waals surface area (Å²) in [6.07, 6.45) is 1.35. The molecule has 2 heterocycles. The van der Waals surface area contributed by atoms with Crippen molar-refractivity contribution >= 4 is 57.3 Å². The molecule has 4 rings (SSSR count). The zero-order valence-electron chi connectivity index (χ0n) is 16.6. The third kappa shape index (κ3) is 4.22. The molecule has 1 fully saturated rings. The molecule has 0 unspecified atom stereocenters. The second kappa shape index (κ2) is 8.56. The van der Waals surface area contributed by atoms with Crippen LogP contribution >= 0.6 is 27.7 Å². The van der Waals surface area contributed by atoms with Gasteiger partial charge in [-0.15, -0.1) is 0 Å². The second-order valence-corrected chi connectivity index (χ2v) is 8.78. The quantitative estimate of drug-likeness (QED) is 0.382. The summed E-state index contributed by atoms with van der Waals surface area (Å²) in [5.74, 6) is -1.15. The normalized spacial score (nSPS) is 15.5. The van der Waals surface area contributed by atoms with Crippen LogP contribution in [0.3, 0.4) is 0 Å². The summed E-state index contributed by atoms with van der Waals surface area (Å²) >= 11 is 4.86. The minimum absolute atomic E-state index is 0.182. The number of furan rings is 1. The Morgan fingerprint density at radius 1 is 1.03 bits per heavy atom. The standard InChI is InChI=1S/C23H17BrN2O4S/c1-13-7-6-10-19(14(13)2)26-21(28)17(20(27)25-23(26)29)11-15-12-18(24)22(30-15)31-16-8-4-3-5-9-16/h3-12H,1-2H3,(H,25,27,29)/b17-11+. The van der Waals surface area contributed by atoms with E-state index in [1.54, 1.807) is 18.2 Å². The Balaban J connectivity index is 1.68. The maximum absolute atomic E-state index is 13.1. The Labute approximate surface area is 191 Å². The summed E-state index contributed by atoms with van der Waals surface area (Å²) in [5.41, 5.74) is 1.96. The van der Waals surface area contributed by atoms with Crippen molar-refractivity contribution in [1.82, 2.24) is 5.32 Å². The molecular formula is C23H17BrN2O4S. The van der Waals surface area contributed by atoms with Crippen molar-refractivity contribution in [2.24, 2.45) is 0 Å². The average molecular weight is 497 g/mol. The smallest absolute Gasteiger partial charge is 0.335 e. The van der Waals surface area contributed by atoms with Crippen molar-refractivity contribution in [1.29, 1.82) is 0 Å². The van der Waals surface area contributed by atoms with Crippen molar-refractivity contribution in [3.8, 4) is 0 Å². The lowest BCUT2D eigenvalue weighted by Crippen LogP contribution is -2.54. The average Bonchev–Trinajstić information content (AvgIpc) is 3.08. The van der Waals surface area contributed by atoms with Crippen LogP contribution in [0.15, 0.2) is 79.0 Å². The Bertz CT molecular complexity index is 1230. The lowest BCUT2D eigenvalue weighted by Gasteiger charge is -2.27. The van der Waals surface area contributed by atoms with E-state index in [4.69, 9.17) is 4.42 Å². The Hall–Kier alpha value is -3.10. The van der Waals surface area contributed by atoms with E-state index in [9.17, 15) is 14.4 Å². The number of hydrogen-bond acceptors (Lipinski definition) is 5. The molecule has 1 aliphatic rings. The van der Waals surface area contributed by atoms with Gasteiger partial charge in [-0.25, -0.2) is 9.69 Å². The maximum Gasteiger partial charge on any atom is 0.335 e. The molecule has 1 aliphatic heterocycles. The van der Waals surface area contributed by atoms with E-state index in [2.05, 4.69) is 21.2 Å². The van der Waals surface area contributed by atoms with Crippen LogP contribution in [-0.2, 0) is 9.59 Å². The molecule has 156 valence electrons. The molecule has 8 heteroatoms. The van der Waals surface area contributed by atoms with Crippen LogP contribution in [0.5, 0.6) is 0 Å². The van der Waals surface area contributed by atoms with Crippen molar-refractivity contribution in [3.63, 3.8) is 0 Å². The first kappa shape index (κ1) is 21.1. The van der Waals surface area contributed by atoms with Crippen LogP contribution in [0.4, 0.5) is 10.5 Å². The van der Waals surface area contributed by atoms with E-state index in [0.717, 1.165) is 20.9 Å². The van der Waals surface area contributed by atoms with Gasteiger partial charge in [0.25, 0.3) is 11.8 Å². The molecule has 4 amide bonds. The number of hydrogen-bond donors (Lipinski definition) is 1. The monoisotopic (exact) mass is 496 g/mol. The lowest BCUT2D eigenvalue weighted by atomic mass is 10.0. The highest BCUT2D eigenvalue weighted by molar-refractivity contribution is 9.10. The first-order chi connectivity index (χ1) is 14.8. The molecule has 1 saturated heterocycles. The molecule has 3 aromatic rings. The number of carbonyl (C=O) groups excluding carboxylic acids is 3. The molecule has 0 saturated carbocycles. The Morgan fingerprint density at radius 3 is 2.52 bits per heavy atom. The summed E-state index contributed by atoms with van der Waals surface area (Å²) in [4.78, 5) is 40.0. The molecule has 1 aromatic heterocycles. The summed E-state index contributed by atoms with van der Waals surface area (Å²) < 4.78 is 6.53. The van der Waals surface area contributed by atoms with Gasteiger partial charge in [0.1, 0.15) is 11.3 Å². The number of halogens is 1. The van der Waals surface area contributed by atoms with Gasteiger partial charge in [-0.05, 0) is 71.2 Å². The number of benzene rings is 2. The van der Waals surface area contributed by atoms with Gasteiger partial charge in [0.15, 0.2) is 5.09 Å². The Kier molecular flexibility index (Phi) is 5.84. The minimum atomic E-state index is -0.776. The Morgan fingerprint density at radius 2 is 1.77 bits per heavy atom. The molecule has 2 aromatic carbocycles. The summed E-state index contributed by atoms with van der Waals surface area (Å²) in [6.45, 7) is 3.71. The maximum atomic E-state index is 13.1. The van der Waals surface area contributed by atoms with Crippen molar-refractivity contribution in [2.45, 2.75) is 23.8 Å². The van der Waals surface area contributed by atoms with Crippen LogP contribution in [0.25, 0.3) is 6.08 Å². The fourth-order valence-corrected chi connectivity index (χ4v) is 4.45. The van der Waals surface area contributed by atoms with Crippen LogP contribution < -0.4 is 10.2 Å². The predicted octanol–water partition coefficient (Wildman–Crippen LogP) is 5.48. The van der Waals surface area contributed by atoms with Gasteiger partial charge in [-0.3, -0.25) is 14.9 Å². The molecule has 31 heavy (non-hydrogen) atoms. The molecule has 0 bridgehead atoms. The summed E-state index contributed by atoms with van der Waals surface area (Å²) in [7, 11) is 0. The number of amides is 4. The fourth-order valence-electron chi connectivity index (χ4n) is 3.10.